The number of halogens is 1. The van der Waals surface area contributed by atoms with Crippen LogP contribution in [0, 0.1) is 10.1 Å². The molecule has 0 aliphatic carbocycles. The molecule has 0 atom stereocenters. The Kier molecular flexibility index (Phi) is 8.47. The number of rotatable bonds is 10. The summed E-state index contributed by atoms with van der Waals surface area (Å²) in [6, 6.07) is 10.3. The van der Waals surface area contributed by atoms with Gasteiger partial charge in [0.1, 0.15) is 18.9 Å². The Morgan fingerprint density at radius 3 is 2.42 bits per heavy atom. The monoisotopic (exact) mass is 515 g/mol. The molecule has 2 aromatic carbocycles. The zero-order valence-corrected chi connectivity index (χ0v) is 18.6. The molecule has 13 heteroatoms. The predicted octanol–water partition coefficient (Wildman–Crippen LogP) is 1.50. The van der Waals surface area contributed by atoms with Crippen molar-refractivity contribution >= 4 is 43.5 Å². The fraction of sp³-hybridized carbons (Fsp3) is 0.222. The molecule has 0 bridgehead atoms. The van der Waals surface area contributed by atoms with Crippen LogP contribution in [0.4, 0.5) is 5.69 Å². The highest BCUT2D eigenvalue weighted by atomic mass is 79.9. The molecule has 0 aromatic heterocycles. The average molecular weight is 516 g/mol. The summed E-state index contributed by atoms with van der Waals surface area (Å²) in [5.74, 6) is -1.43. The summed E-state index contributed by atoms with van der Waals surface area (Å²) >= 11 is 3.28. The van der Waals surface area contributed by atoms with E-state index in [9.17, 15) is 28.1 Å². The number of nitro benzene ring substituents is 1. The zero-order chi connectivity index (χ0) is 23.0. The Balaban J connectivity index is 1.86. The van der Waals surface area contributed by atoms with Crippen LogP contribution in [-0.2, 0) is 31.0 Å². The number of methoxy groups -OCH3 is 1. The van der Waals surface area contributed by atoms with Crippen LogP contribution < -0.4 is 14.8 Å². The number of nitrogens with zero attached hydrogens (tertiary/aromatic N) is 1. The van der Waals surface area contributed by atoms with Crippen molar-refractivity contribution in [3.63, 3.8) is 0 Å². The molecule has 1 amide bonds. The number of sulfonamides is 1. The fourth-order valence-electron chi connectivity index (χ4n) is 2.26. The summed E-state index contributed by atoms with van der Waals surface area (Å²) in [6.45, 7) is -1.19. The Morgan fingerprint density at radius 2 is 1.81 bits per heavy atom. The van der Waals surface area contributed by atoms with Crippen molar-refractivity contribution in [2.45, 2.75) is 11.5 Å². The number of benzene rings is 2. The molecule has 0 saturated heterocycles. The molecule has 0 radical (unpaired) electrons. The predicted molar refractivity (Wildman–Crippen MR) is 112 cm³/mol. The van der Waals surface area contributed by atoms with Crippen LogP contribution in [-0.4, -0.2) is 45.4 Å². The lowest BCUT2D eigenvalue weighted by atomic mass is 10.2. The van der Waals surface area contributed by atoms with Crippen molar-refractivity contribution in [2.24, 2.45) is 0 Å². The van der Waals surface area contributed by atoms with Crippen LogP contribution in [0.3, 0.4) is 0 Å². The third kappa shape index (κ3) is 7.31. The smallest absolute Gasteiger partial charge is 0.325 e. The van der Waals surface area contributed by atoms with E-state index >= 15 is 0 Å². The van der Waals surface area contributed by atoms with Gasteiger partial charge in [0.05, 0.1) is 24.6 Å². The number of carbonyl (C=O) groups is 2. The number of esters is 1. The van der Waals surface area contributed by atoms with Gasteiger partial charge in [-0.25, -0.2) is 13.1 Å². The van der Waals surface area contributed by atoms with Gasteiger partial charge >= 0.3 is 5.97 Å². The van der Waals surface area contributed by atoms with Crippen LogP contribution >= 0.6 is 15.9 Å². The van der Waals surface area contributed by atoms with E-state index in [1.165, 1.54) is 13.2 Å². The van der Waals surface area contributed by atoms with Crippen LogP contribution in [0.1, 0.15) is 5.56 Å². The average Bonchev–Trinajstić information content (AvgIpc) is 2.75. The summed E-state index contributed by atoms with van der Waals surface area (Å²) in [5, 5.41) is 13.4. The fourth-order valence-corrected chi connectivity index (χ4v) is 3.66. The van der Waals surface area contributed by atoms with Crippen molar-refractivity contribution in [3.05, 3.63) is 62.6 Å². The molecule has 0 aliphatic heterocycles. The van der Waals surface area contributed by atoms with Gasteiger partial charge in [0.25, 0.3) is 5.69 Å². The second-order valence-electron chi connectivity index (χ2n) is 5.98. The Labute approximate surface area is 186 Å². The minimum absolute atomic E-state index is 0.00967. The van der Waals surface area contributed by atoms with Crippen molar-refractivity contribution in [1.82, 2.24) is 10.0 Å². The van der Waals surface area contributed by atoms with Gasteiger partial charge in [-0.05, 0) is 29.8 Å². The molecule has 2 N–H and O–H groups in total. The summed E-state index contributed by atoms with van der Waals surface area (Å²) in [4.78, 5) is 33.2. The minimum atomic E-state index is -4.37. The van der Waals surface area contributed by atoms with E-state index in [2.05, 4.69) is 21.2 Å². The first-order chi connectivity index (χ1) is 14.6. The van der Waals surface area contributed by atoms with E-state index in [1.807, 2.05) is 4.72 Å². The van der Waals surface area contributed by atoms with Crippen LogP contribution in [0.5, 0.6) is 5.75 Å². The van der Waals surface area contributed by atoms with E-state index < -0.39 is 50.5 Å². The molecule has 2 rings (SSSR count). The van der Waals surface area contributed by atoms with Gasteiger partial charge in [-0.1, -0.05) is 28.1 Å². The number of hydrogen-bond acceptors (Lipinski definition) is 8. The first-order valence-corrected chi connectivity index (χ1v) is 10.9. The van der Waals surface area contributed by atoms with Gasteiger partial charge in [-0.2, -0.15) is 0 Å². The van der Waals surface area contributed by atoms with Crippen molar-refractivity contribution in [2.75, 3.05) is 20.2 Å². The van der Waals surface area contributed by atoms with Gasteiger partial charge in [0.15, 0.2) is 4.90 Å². The van der Waals surface area contributed by atoms with Gasteiger partial charge in [0.2, 0.25) is 15.9 Å². The molecule has 31 heavy (non-hydrogen) atoms. The molecule has 2 aromatic rings. The van der Waals surface area contributed by atoms with E-state index in [0.29, 0.717) is 0 Å². The largest absolute Gasteiger partial charge is 0.497 e. The Bertz CT molecular complexity index is 1070. The highest BCUT2D eigenvalue weighted by Gasteiger charge is 2.27. The molecule has 166 valence electrons. The van der Waals surface area contributed by atoms with Crippen molar-refractivity contribution in [1.29, 1.82) is 0 Å². The summed E-state index contributed by atoms with van der Waals surface area (Å²) < 4.78 is 37.4. The number of carbonyl (C=O) groups excluding carboxylic acids is 2. The Hall–Kier alpha value is -3.03. The molecular weight excluding hydrogens is 498 g/mol. The lowest BCUT2D eigenvalue weighted by Gasteiger charge is -2.09. The van der Waals surface area contributed by atoms with Crippen molar-refractivity contribution in [3.8, 4) is 5.75 Å². The molecular formula is C18H18BrN3O8S. The van der Waals surface area contributed by atoms with Gasteiger partial charge < -0.3 is 14.8 Å². The zero-order valence-electron chi connectivity index (χ0n) is 16.2. The maximum Gasteiger partial charge on any atom is 0.325 e. The number of nitrogens with one attached hydrogen (secondary N) is 2. The highest BCUT2D eigenvalue weighted by Crippen LogP contribution is 2.28. The Morgan fingerprint density at radius 1 is 1.13 bits per heavy atom. The van der Waals surface area contributed by atoms with E-state index in [0.717, 1.165) is 22.2 Å². The molecule has 11 nitrogen and oxygen atoms in total. The lowest BCUT2D eigenvalue weighted by molar-refractivity contribution is -0.387. The maximum atomic E-state index is 12.4. The minimum Gasteiger partial charge on any atom is -0.497 e. The molecule has 0 aliphatic rings. The second-order valence-corrected chi connectivity index (χ2v) is 8.63. The van der Waals surface area contributed by atoms with Crippen LogP contribution in [0.15, 0.2) is 51.8 Å². The van der Waals surface area contributed by atoms with Crippen LogP contribution in [0.2, 0.25) is 0 Å². The van der Waals surface area contributed by atoms with E-state index in [-0.39, 0.29) is 12.4 Å². The lowest BCUT2D eigenvalue weighted by Crippen LogP contribution is -2.39. The van der Waals surface area contributed by atoms with Crippen molar-refractivity contribution < 1.29 is 32.4 Å². The second kappa shape index (κ2) is 10.8. The van der Waals surface area contributed by atoms with E-state index in [1.54, 1.807) is 24.3 Å². The van der Waals surface area contributed by atoms with E-state index in [4.69, 9.17) is 9.47 Å². The highest BCUT2D eigenvalue weighted by molar-refractivity contribution is 9.10. The van der Waals surface area contributed by atoms with Crippen LogP contribution in [0.25, 0.3) is 0 Å². The van der Waals surface area contributed by atoms with Gasteiger partial charge in [-0.15, -0.1) is 0 Å². The number of ether oxygens (including phenoxy) is 2. The standard InChI is InChI=1S/C18H18BrN3O8S/c1-29-14-6-7-16(15(8-14)22(25)26)31(27,28)21-9-17(23)20-10-18(24)30-11-12-2-4-13(19)5-3-12/h2-8,21H,9-11H2,1H3,(H,20,23). The SMILES string of the molecule is COc1ccc(S(=O)(=O)NCC(=O)NCC(=O)OCc2ccc(Br)cc2)c([N+](=O)[O-])c1. The number of nitro groups is 1. The molecule has 0 fully saturated rings. The third-order valence-corrected chi connectivity index (χ3v) is 5.80. The maximum absolute atomic E-state index is 12.4. The molecule has 0 unspecified atom stereocenters. The first kappa shape index (κ1) is 24.2. The number of hydrogen-bond donors (Lipinski definition) is 2. The van der Waals surface area contributed by atoms with Gasteiger partial charge in [0, 0.05) is 4.47 Å². The topological polar surface area (TPSA) is 154 Å². The summed E-state index contributed by atoms with van der Waals surface area (Å²) in [5.41, 5.74) is 0.0421. The normalized spacial score (nSPS) is 10.9. The first-order valence-electron chi connectivity index (χ1n) is 8.61. The summed E-state index contributed by atoms with van der Waals surface area (Å²) in [7, 11) is -3.09. The third-order valence-electron chi connectivity index (χ3n) is 3.82. The van der Waals surface area contributed by atoms with Gasteiger partial charge in [-0.3, -0.25) is 19.7 Å². The molecule has 0 heterocycles. The quantitative estimate of drug-likeness (QED) is 0.274. The molecule has 0 spiro atoms. The number of amides is 1. The summed E-state index contributed by atoms with van der Waals surface area (Å²) in [6.07, 6.45) is 0. The molecule has 0 saturated carbocycles.